The van der Waals surface area contributed by atoms with Gasteiger partial charge in [-0.1, -0.05) is 53.7 Å². The highest BCUT2D eigenvalue weighted by Crippen LogP contribution is 2.77. The molecule has 8 rings (SSSR count). The standard InChI is InChI=1S/C48H72N6O9/c1-27(2)30-14-19-48(42(59)49-23-29-25-54(52-51-29)32-22-37(62-33(32)26-55)53-24-28(3)41(58)50-43(53)60)21-20-46(7)31(40(30)48)10-11-35-45(6)17-16-36(63-39(57)13-12-38(56)61-9)44(4,5)34(45)15-18-47(35,46)8/h24-25,27,30-37,40,55H,10-23,26H2,1-9H3,(H,49,59)(H,50,58,60)/t30-,31+,32-,33+,34-,35+,36-,37+,40+,45-,46+,47+,48-/m0/s1. The molecule has 3 heterocycles. The fourth-order valence-electron chi connectivity index (χ4n) is 15.5. The molecule has 1 aliphatic heterocycles. The molecular weight excluding hydrogens is 805 g/mol. The molecule has 5 aliphatic carbocycles. The zero-order chi connectivity index (χ0) is 45.4. The lowest BCUT2D eigenvalue weighted by Crippen LogP contribution is -2.67. The summed E-state index contributed by atoms with van der Waals surface area (Å²) in [6, 6.07) is -0.409. The number of nitrogens with one attached hydrogen (secondary N) is 2. The van der Waals surface area contributed by atoms with E-state index < -0.39 is 41.0 Å². The number of H-pyrrole nitrogens is 1. The Bertz CT molecular complexity index is 2200. The molecule has 15 nitrogen and oxygen atoms in total. The van der Waals surface area contributed by atoms with Crippen LogP contribution in [0.4, 0.5) is 0 Å². The van der Waals surface area contributed by atoms with Crippen LogP contribution < -0.4 is 16.6 Å². The number of amides is 1. The maximum atomic E-state index is 14.9. The summed E-state index contributed by atoms with van der Waals surface area (Å²) in [7, 11) is 1.34. The second-order valence-electron chi connectivity index (χ2n) is 22.2. The van der Waals surface area contributed by atoms with Gasteiger partial charge in [-0.15, -0.1) is 5.10 Å². The monoisotopic (exact) mass is 877 g/mol. The zero-order valence-electron chi connectivity index (χ0n) is 39.0. The molecule has 0 spiro atoms. The highest BCUT2D eigenvalue weighted by molar-refractivity contribution is 5.83. The SMILES string of the molecule is COC(=O)CCC(=O)O[C@H]1CC[C@]2(C)[C@H]3CC[C@@H]4[C@H]5[C@H](C(C)C)CC[C@]5(C(=O)NCc5cn([C@H]6C[C@H](n7cc(C)c(=O)[nH]c7=O)O[C@@H]6CO)nn5)CC[C@@]4(C)[C@]3(C)CC[C@H]2C1(C)C. The third kappa shape index (κ3) is 7.33. The van der Waals surface area contributed by atoms with Gasteiger partial charge >= 0.3 is 17.6 Å². The molecule has 0 unspecified atom stereocenters. The van der Waals surface area contributed by atoms with Gasteiger partial charge in [-0.25, -0.2) is 9.48 Å². The van der Waals surface area contributed by atoms with Crippen LogP contribution in [0.5, 0.6) is 0 Å². The first-order chi connectivity index (χ1) is 29.7. The van der Waals surface area contributed by atoms with Gasteiger partial charge < -0.3 is 24.6 Å². The summed E-state index contributed by atoms with van der Waals surface area (Å²) < 4.78 is 20.0. The minimum atomic E-state index is -0.702. The van der Waals surface area contributed by atoms with Gasteiger partial charge in [-0.05, 0) is 123 Å². The lowest BCUT2D eigenvalue weighted by Gasteiger charge is -2.73. The maximum absolute atomic E-state index is 14.9. The number of carbonyl (C=O) groups excluding carboxylic acids is 3. The quantitative estimate of drug-likeness (QED) is 0.218. The zero-order valence-corrected chi connectivity index (χ0v) is 39.0. The number of hydrogen-bond acceptors (Lipinski definition) is 11. The number of hydrogen-bond donors (Lipinski definition) is 3. The minimum Gasteiger partial charge on any atom is -0.469 e. The van der Waals surface area contributed by atoms with Crippen LogP contribution in [0.15, 0.2) is 22.0 Å². The number of aromatic amines is 1. The Morgan fingerprint density at radius 1 is 0.937 bits per heavy atom. The number of methoxy groups -OCH3 is 1. The van der Waals surface area contributed by atoms with Crippen molar-refractivity contribution in [3.8, 4) is 0 Å². The van der Waals surface area contributed by atoms with Crippen LogP contribution in [0.1, 0.15) is 155 Å². The van der Waals surface area contributed by atoms with E-state index in [1.807, 2.05) is 0 Å². The van der Waals surface area contributed by atoms with Gasteiger partial charge in [0.1, 0.15) is 24.1 Å². The number of aryl methyl sites for hydroxylation is 1. The molecule has 0 radical (unpaired) electrons. The summed E-state index contributed by atoms with van der Waals surface area (Å²) in [6.45, 7) is 18.6. The first-order valence-corrected chi connectivity index (χ1v) is 23.8. The summed E-state index contributed by atoms with van der Waals surface area (Å²) in [5, 5.41) is 22.4. The number of ether oxygens (including phenoxy) is 3. The summed E-state index contributed by atoms with van der Waals surface area (Å²) >= 11 is 0. The van der Waals surface area contributed by atoms with Crippen LogP contribution >= 0.6 is 0 Å². The largest absolute Gasteiger partial charge is 0.469 e. The van der Waals surface area contributed by atoms with E-state index in [1.54, 1.807) is 17.8 Å². The van der Waals surface area contributed by atoms with E-state index in [9.17, 15) is 29.1 Å². The fraction of sp³-hybridized carbons (Fsp3) is 0.812. The second-order valence-corrected chi connectivity index (χ2v) is 22.2. The van der Waals surface area contributed by atoms with Crippen molar-refractivity contribution >= 4 is 17.8 Å². The first-order valence-electron chi connectivity index (χ1n) is 23.8. The van der Waals surface area contributed by atoms with Crippen LogP contribution in [0.3, 0.4) is 0 Å². The van der Waals surface area contributed by atoms with Crippen molar-refractivity contribution in [1.82, 2.24) is 29.9 Å². The number of rotatable bonds is 11. The predicted octanol–water partition coefficient (Wildman–Crippen LogP) is 6.18. The van der Waals surface area contributed by atoms with Crippen molar-refractivity contribution in [1.29, 1.82) is 0 Å². The number of nitrogens with zero attached hydrogens (tertiary/aromatic N) is 4. The number of aliphatic hydroxyl groups excluding tert-OH is 1. The van der Waals surface area contributed by atoms with Crippen LogP contribution in [-0.2, 0) is 35.1 Å². The predicted molar refractivity (Wildman–Crippen MR) is 233 cm³/mol. The van der Waals surface area contributed by atoms with Crippen molar-refractivity contribution in [2.75, 3.05) is 13.7 Å². The topological polar surface area (TPSA) is 197 Å². The molecule has 15 heteroatoms. The number of aromatic nitrogens is 5. The molecule has 13 atom stereocenters. The Morgan fingerprint density at radius 2 is 1.68 bits per heavy atom. The highest BCUT2D eigenvalue weighted by Gasteiger charge is 2.72. The molecule has 63 heavy (non-hydrogen) atoms. The Hall–Kier alpha value is -3.85. The van der Waals surface area contributed by atoms with E-state index in [1.165, 1.54) is 17.9 Å². The summed E-state index contributed by atoms with van der Waals surface area (Å²) in [4.78, 5) is 66.5. The molecule has 348 valence electrons. The van der Waals surface area contributed by atoms with Crippen molar-refractivity contribution < 1.29 is 33.7 Å². The van der Waals surface area contributed by atoms with E-state index in [4.69, 9.17) is 14.2 Å². The Labute approximate surface area is 371 Å². The molecule has 6 fully saturated rings. The lowest BCUT2D eigenvalue weighted by molar-refractivity contribution is -0.250. The smallest absolute Gasteiger partial charge is 0.330 e. The Balaban J connectivity index is 0.975. The average molecular weight is 877 g/mol. The molecule has 2 aromatic rings. The van der Waals surface area contributed by atoms with Crippen LogP contribution in [0.2, 0.25) is 0 Å². The fourth-order valence-corrected chi connectivity index (χ4v) is 15.5. The summed E-state index contributed by atoms with van der Waals surface area (Å²) in [5.41, 5.74) is -0.420. The van der Waals surface area contributed by atoms with Gasteiger partial charge in [0.15, 0.2) is 0 Å². The van der Waals surface area contributed by atoms with E-state index in [-0.39, 0.29) is 71.6 Å². The van der Waals surface area contributed by atoms with Crippen LogP contribution in [0.25, 0.3) is 0 Å². The second kappa shape index (κ2) is 16.5. The van der Waals surface area contributed by atoms with E-state index in [0.717, 1.165) is 64.2 Å². The molecule has 1 amide bonds. The van der Waals surface area contributed by atoms with Crippen LogP contribution in [-0.4, -0.2) is 73.4 Å². The third-order valence-electron chi connectivity index (χ3n) is 18.9. The van der Waals surface area contributed by atoms with Gasteiger partial charge in [0.05, 0.1) is 50.8 Å². The first kappa shape index (κ1) is 45.7. The van der Waals surface area contributed by atoms with Gasteiger partial charge in [-0.2, -0.15) is 0 Å². The molecule has 6 aliphatic rings. The highest BCUT2D eigenvalue weighted by atomic mass is 16.5. The maximum Gasteiger partial charge on any atom is 0.330 e. The van der Waals surface area contributed by atoms with E-state index in [2.05, 4.69) is 69.1 Å². The Kier molecular flexibility index (Phi) is 12.0. The molecule has 0 bridgehead atoms. The van der Waals surface area contributed by atoms with Crippen molar-refractivity contribution in [3.63, 3.8) is 0 Å². The lowest BCUT2D eigenvalue weighted by atomic mass is 9.32. The van der Waals surface area contributed by atoms with E-state index in [0.29, 0.717) is 47.3 Å². The number of fused-ring (bicyclic) bond motifs is 7. The van der Waals surface area contributed by atoms with Gasteiger partial charge in [-0.3, -0.25) is 28.7 Å². The van der Waals surface area contributed by atoms with Gasteiger partial charge in [0.2, 0.25) is 5.91 Å². The summed E-state index contributed by atoms with van der Waals surface area (Å²) in [6.07, 6.45) is 12.3. The number of aliphatic hydroxyl groups is 1. The van der Waals surface area contributed by atoms with Gasteiger partial charge in [0, 0.05) is 23.6 Å². The van der Waals surface area contributed by atoms with Crippen LogP contribution in [0, 0.1) is 69.5 Å². The normalized spacial score (nSPS) is 39.1. The van der Waals surface area contributed by atoms with Gasteiger partial charge in [0.25, 0.3) is 5.56 Å². The average Bonchev–Trinajstić information content (AvgIpc) is 3.99. The van der Waals surface area contributed by atoms with Crippen molar-refractivity contribution in [2.24, 2.45) is 62.6 Å². The third-order valence-corrected chi connectivity index (χ3v) is 18.9. The molecule has 3 N–H and O–H groups in total. The minimum absolute atomic E-state index is 0.0335. The Morgan fingerprint density at radius 3 is 2.40 bits per heavy atom. The van der Waals surface area contributed by atoms with Crippen molar-refractivity contribution in [2.45, 2.75) is 170 Å². The number of esters is 2. The molecule has 1 saturated heterocycles. The molecule has 0 aromatic carbocycles. The number of carbonyl (C=O) groups is 3. The van der Waals surface area contributed by atoms with Crippen molar-refractivity contribution in [3.05, 3.63) is 44.5 Å². The van der Waals surface area contributed by atoms with E-state index >= 15 is 0 Å². The molecular formula is C48H72N6O9. The summed E-state index contributed by atoms with van der Waals surface area (Å²) in [5.74, 6) is 1.96. The molecule has 2 aromatic heterocycles. The molecule has 5 saturated carbocycles.